The summed E-state index contributed by atoms with van der Waals surface area (Å²) in [5.41, 5.74) is 20.7. The lowest BCUT2D eigenvalue weighted by molar-refractivity contribution is 1.01. The van der Waals surface area contributed by atoms with Crippen molar-refractivity contribution in [1.82, 2.24) is 28.7 Å². The third-order valence-corrected chi connectivity index (χ3v) is 14.0. The molecule has 0 aliphatic heterocycles. The average molecular weight is 863 g/mol. The molecule has 0 amide bonds. The molecule has 0 bridgehead atoms. The highest BCUT2D eigenvalue weighted by molar-refractivity contribution is 6.15. The summed E-state index contributed by atoms with van der Waals surface area (Å²) in [6, 6.07) is 57.4. The van der Waals surface area contributed by atoms with Gasteiger partial charge in [0.2, 0.25) is 0 Å². The van der Waals surface area contributed by atoms with Crippen molar-refractivity contribution >= 4 is 71.1 Å². The molecular formula is C61H46N6. The molecule has 0 radical (unpaired) electrons. The highest BCUT2D eigenvalue weighted by atomic mass is 15.1. The third kappa shape index (κ3) is 5.92. The second-order valence-corrected chi connectivity index (χ2v) is 18.1. The van der Waals surface area contributed by atoms with Gasteiger partial charge in [0.1, 0.15) is 0 Å². The summed E-state index contributed by atoms with van der Waals surface area (Å²) in [4.78, 5) is 16.0. The SMILES string of the molecule is Cc1cccc2c3cccc(C)c3n(-c3cc(-c4cc(-c5ccccc5)nc(C5=CC=CCC5)n4)cc(-n4c5c(C)cccc5c5cccc(C)c54)c3-n3c4ccccc4c4ncccc43)c12. The number of pyridine rings is 1. The normalized spacial score (nSPS) is 13.0. The molecule has 0 spiro atoms. The smallest absolute Gasteiger partial charge is 0.156 e. The molecule has 1 aliphatic rings. The van der Waals surface area contributed by atoms with Crippen LogP contribution in [0.25, 0.3) is 111 Å². The summed E-state index contributed by atoms with van der Waals surface area (Å²) >= 11 is 0. The van der Waals surface area contributed by atoms with Gasteiger partial charge in [0.05, 0.1) is 67.1 Å². The van der Waals surface area contributed by atoms with Crippen molar-refractivity contribution in [3.8, 4) is 39.6 Å². The maximum atomic E-state index is 5.56. The van der Waals surface area contributed by atoms with E-state index in [4.69, 9.17) is 15.0 Å². The third-order valence-electron chi connectivity index (χ3n) is 14.0. The van der Waals surface area contributed by atoms with Crippen LogP contribution < -0.4 is 0 Å². The van der Waals surface area contributed by atoms with Crippen LogP contribution in [0.5, 0.6) is 0 Å². The largest absolute Gasteiger partial charge is 0.306 e. The molecule has 5 heterocycles. The first-order valence-electron chi connectivity index (χ1n) is 23.3. The first-order valence-corrected chi connectivity index (χ1v) is 23.3. The number of para-hydroxylation sites is 5. The zero-order chi connectivity index (χ0) is 44.9. The minimum atomic E-state index is 0.758. The fraction of sp³-hybridized carbons (Fsp3) is 0.0984. The number of aryl methyl sites for hydroxylation is 4. The van der Waals surface area contributed by atoms with E-state index in [1.165, 1.54) is 65.9 Å². The summed E-state index contributed by atoms with van der Waals surface area (Å²) < 4.78 is 7.59. The van der Waals surface area contributed by atoms with Crippen molar-refractivity contribution in [1.29, 1.82) is 0 Å². The van der Waals surface area contributed by atoms with E-state index in [1.807, 2.05) is 6.20 Å². The van der Waals surface area contributed by atoms with Crippen LogP contribution in [-0.4, -0.2) is 28.7 Å². The first-order chi connectivity index (χ1) is 32.9. The molecule has 6 nitrogen and oxygen atoms in total. The Bertz CT molecular complexity index is 3760. The van der Waals surface area contributed by atoms with Crippen LogP contribution in [0, 0.1) is 27.7 Å². The lowest BCUT2D eigenvalue weighted by atomic mass is 10.0. The monoisotopic (exact) mass is 862 g/mol. The molecule has 7 aromatic carbocycles. The molecule has 13 rings (SSSR count). The highest BCUT2D eigenvalue weighted by Crippen LogP contribution is 2.46. The molecule has 0 unspecified atom stereocenters. The van der Waals surface area contributed by atoms with Crippen molar-refractivity contribution in [2.45, 2.75) is 40.5 Å². The van der Waals surface area contributed by atoms with Crippen LogP contribution in [0.1, 0.15) is 40.9 Å². The number of nitrogens with zero attached hydrogens (tertiary/aromatic N) is 6. The topological polar surface area (TPSA) is 53.5 Å². The molecule has 6 heteroatoms. The molecule has 67 heavy (non-hydrogen) atoms. The number of aromatic nitrogens is 6. The van der Waals surface area contributed by atoms with Gasteiger partial charge in [-0.2, -0.15) is 0 Å². The predicted molar refractivity (Wildman–Crippen MR) is 279 cm³/mol. The van der Waals surface area contributed by atoms with Crippen LogP contribution in [-0.2, 0) is 0 Å². The number of hydrogen-bond acceptors (Lipinski definition) is 3. The average Bonchev–Trinajstić information content (AvgIpc) is 4.02. The first kappa shape index (κ1) is 39.1. The van der Waals surface area contributed by atoms with Gasteiger partial charge in [-0.25, -0.2) is 9.97 Å². The number of allylic oxidation sites excluding steroid dienone is 4. The van der Waals surface area contributed by atoms with E-state index in [1.54, 1.807) is 0 Å². The molecule has 0 fully saturated rings. The zero-order valence-corrected chi connectivity index (χ0v) is 37.9. The van der Waals surface area contributed by atoms with Crippen LogP contribution in [0.15, 0.2) is 182 Å². The molecule has 320 valence electrons. The Morgan fingerprint density at radius 2 is 0.955 bits per heavy atom. The van der Waals surface area contributed by atoms with Gasteiger partial charge in [-0.15, -0.1) is 0 Å². The molecular weight excluding hydrogens is 817 g/mol. The van der Waals surface area contributed by atoms with E-state index in [2.05, 4.69) is 217 Å². The summed E-state index contributed by atoms with van der Waals surface area (Å²) in [5.74, 6) is 0.758. The van der Waals surface area contributed by atoms with Gasteiger partial charge in [-0.05, 0) is 105 Å². The molecule has 12 aromatic rings. The van der Waals surface area contributed by atoms with Crippen molar-refractivity contribution in [3.05, 3.63) is 210 Å². The lowest BCUT2D eigenvalue weighted by Gasteiger charge is -2.24. The van der Waals surface area contributed by atoms with Gasteiger partial charge in [-0.1, -0.05) is 140 Å². The highest BCUT2D eigenvalue weighted by Gasteiger charge is 2.28. The van der Waals surface area contributed by atoms with Crippen molar-refractivity contribution in [2.24, 2.45) is 0 Å². The van der Waals surface area contributed by atoms with Crippen LogP contribution in [0.4, 0.5) is 0 Å². The van der Waals surface area contributed by atoms with Gasteiger partial charge in [0, 0.05) is 44.3 Å². The molecule has 0 atom stereocenters. The summed E-state index contributed by atoms with van der Waals surface area (Å²) in [7, 11) is 0. The Hall–Kier alpha value is -8.35. The van der Waals surface area contributed by atoms with Gasteiger partial charge < -0.3 is 13.7 Å². The summed E-state index contributed by atoms with van der Waals surface area (Å²) in [6.07, 6.45) is 10.3. The maximum Gasteiger partial charge on any atom is 0.156 e. The minimum absolute atomic E-state index is 0.758. The number of rotatable bonds is 6. The summed E-state index contributed by atoms with van der Waals surface area (Å²) in [6.45, 7) is 8.99. The van der Waals surface area contributed by atoms with E-state index >= 15 is 0 Å². The van der Waals surface area contributed by atoms with E-state index in [0.717, 1.165) is 85.8 Å². The standard InChI is InChI=1S/C61H46N6/c1-37-18-13-27-44-45-28-14-19-38(2)57(45)66(56(37)44)53-34-43(50-36-49(41-22-7-5-8-23-41)63-61(64-50)42-24-9-6-10-25-42)35-54(60(53)65-51-31-12-11-26-48(51)55-52(65)32-17-33-62-55)67-58-39(3)20-15-29-46(58)47-30-16-21-40(4)59(47)67/h5-9,11-24,26-36H,10,25H2,1-4H3. The van der Waals surface area contributed by atoms with Gasteiger partial charge in [-0.3, -0.25) is 4.98 Å². The van der Waals surface area contributed by atoms with Crippen molar-refractivity contribution in [3.63, 3.8) is 0 Å². The van der Waals surface area contributed by atoms with Crippen molar-refractivity contribution in [2.75, 3.05) is 0 Å². The second-order valence-electron chi connectivity index (χ2n) is 18.1. The molecule has 0 saturated heterocycles. The molecule has 0 saturated carbocycles. The Morgan fingerprint density at radius 1 is 0.448 bits per heavy atom. The van der Waals surface area contributed by atoms with Crippen LogP contribution >= 0.6 is 0 Å². The van der Waals surface area contributed by atoms with Crippen LogP contribution in [0.3, 0.4) is 0 Å². The summed E-state index contributed by atoms with van der Waals surface area (Å²) in [5, 5.41) is 5.98. The fourth-order valence-electron chi connectivity index (χ4n) is 11.0. The minimum Gasteiger partial charge on any atom is -0.306 e. The number of benzene rings is 7. The molecule has 5 aromatic heterocycles. The zero-order valence-electron chi connectivity index (χ0n) is 37.9. The van der Waals surface area contributed by atoms with Gasteiger partial charge in [0.25, 0.3) is 0 Å². The van der Waals surface area contributed by atoms with Crippen molar-refractivity contribution < 1.29 is 0 Å². The predicted octanol–water partition coefficient (Wildman–Crippen LogP) is 15.5. The maximum absolute atomic E-state index is 5.56. The Balaban J connectivity index is 1.30. The van der Waals surface area contributed by atoms with Gasteiger partial charge >= 0.3 is 0 Å². The van der Waals surface area contributed by atoms with E-state index in [0.29, 0.717) is 0 Å². The fourth-order valence-corrected chi connectivity index (χ4v) is 11.0. The molecule has 1 aliphatic carbocycles. The van der Waals surface area contributed by atoms with E-state index < -0.39 is 0 Å². The molecule has 0 N–H and O–H groups in total. The number of fused-ring (bicyclic) bond motifs is 9. The van der Waals surface area contributed by atoms with E-state index in [-0.39, 0.29) is 0 Å². The second kappa shape index (κ2) is 15.1. The quantitative estimate of drug-likeness (QED) is 0.167. The van der Waals surface area contributed by atoms with Crippen LogP contribution in [0.2, 0.25) is 0 Å². The number of hydrogen-bond donors (Lipinski definition) is 0. The Kier molecular flexibility index (Phi) is 8.81. The lowest BCUT2D eigenvalue weighted by Crippen LogP contribution is -2.11. The Labute approximate surface area is 388 Å². The Morgan fingerprint density at radius 3 is 1.51 bits per heavy atom. The van der Waals surface area contributed by atoms with E-state index in [9.17, 15) is 0 Å². The van der Waals surface area contributed by atoms with Gasteiger partial charge in [0.15, 0.2) is 5.82 Å².